The van der Waals surface area contributed by atoms with Crippen LogP contribution in [0, 0.1) is 5.82 Å². The van der Waals surface area contributed by atoms with Crippen LogP contribution in [-0.4, -0.2) is 56.1 Å². The van der Waals surface area contributed by atoms with Crippen molar-refractivity contribution in [2.75, 3.05) is 46.3 Å². The first-order valence-corrected chi connectivity index (χ1v) is 7.05. The van der Waals surface area contributed by atoms with Crippen LogP contribution in [0.4, 0.5) is 4.39 Å². The van der Waals surface area contributed by atoms with Crippen molar-refractivity contribution in [1.29, 1.82) is 0 Å². The van der Waals surface area contributed by atoms with Gasteiger partial charge in [0.1, 0.15) is 5.82 Å². The second kappa shape index (κ2) is 6.98. The standard InChI is InChI=1S/C15H24FN3/c1-13(14-4-3-5-15(16)12-14)18(2)10-11-19-8-6-17-7-9-19/h3-5,12-13,17H,6-11H2,1-2H3. The molecule has 1 aliphatic rings. The van der Waals surface area contributed by atoms with E-state index in [1.165, 1.54) is 6.07 Å². The van der Waals surface area contributed by atoms with Gasteiger partial charge >= 0.3 is 0 Å². The van der Waals surface area contributed by atoms with Crippen LogP contribution in [0.2, 0.25) is 0 Å². The molecule has 19 heavy (non-hydrogen) atoms. The number of hydrogen-bond donors (Lipinski definition) is 1. The number of nitrogens with zero attached hydrogens (tertiary/aromatic N) is 2. The summed E-state index contributed by atoms with van der Waals surface area (Å²) in [7, 11) is 2.11. The Labute approximate surface area is 115 Å². The topological polar surface area (TPSA) is 18.5 Å². The number of benzene rings is 1. The van der Waals surface area contributed by atoms with Crippen LogP contribution in [0.25, 0.3) is 0 Å². The first kappa shape index (κ1) is 14.4. The minimum absolute atomic E-state index is 0.153. The molecular weight excluding hydrogens is 241 g/mol. The largest absolute Gasteiger partial charge is 0.314 e. The van der Waals surface area contributed by atoms with E-state index >= 15 is 0 Å². The Bertz CT molecular complexity index is 391. The van der Waals surface area contributed by atoms with Gasteiger partial charge in [-0.2, -0.15) is 0 Å². The van der Waals surface area contributed by atoms with Crippen LogP contribution in [0.5, 0.6) is 0 Å². The molecule has 1 saturated heterocycles. The lowest BCUT2D eigenvalue weighted by Crippen LogP contribution is -2.46. The number of likely N-dealkylation sites (N-methyl/N-ethyl adjacent to an activating group) is 1. The van der Waals surface area contributed by atoms with Crippen molar-refractivity contribution in [2.45, 2.75) is 13.0 Å². The molecule has 1 atom stereocenters. The lowest BCUT2D eigenvalue weighted by Gasteiger charge is -2.31. The summed E-state index contributed by atoms with van der Waals surface area (Å²) in [6.45, 7) is 8.65. The molecule has 0 aliphatic carbocycles. The van der Waals surface area contributed by atoms with E-state index in [4.69, 9.17) is 0 Å². The predicted molar refractivity (Wildman–Crippen MR) is 76.8 cm³/mol. The van der Waals surface area contributed by atoms with E-state index in [1.54, 1.807) is 12.1 Å². The Morgan fingerprint density at radius 3 is 2.79 bits per heavy atom. The van der Waals surface area contributed by atoms with Gasteiger partial charge < -0.3 is 5.32 Å². The van der Waals surface area contributed by atoms with Crippen LogP contribution in [0.15, 0.2) is 24.3 Å². The van der Waals surface area contributed by atoms with Gasteiger partial charge in [-0.15, -0.1) is 0 Å². The first-order valence-electron chi connectivity index (χ1n) is 7.05. The Morgan fingerprint density at radius 2 is 2.11 bits per heavy atom. The second-order valence-electron chi connectivity index (χ2n) is 5.30. The van der Waals surface area contributed by atoms with E-state index in [0.29, 0.717) is 0 Å². The summed E-state index contributed by atoms with van der Waals surface area (Å²) >= 11 is 0. The Morgan fingerprint density at radius 1 is 1.37 bits per heavy atom. The summed E-state index contributed by atoms with van der Waals surface area (Å²) in [5.41, 5.74) is 1.04. The molecule has 106 valence electrons. The van der Waals surface area contributed by atoms with Gasteiger partial charge in [-0.25, -0.2) is 4.39 Å². The molecule has 0 radical (unpaired) electrons. The van der Waals surface area contributed by atoms with Gasteiger partial charge in [0.2, 0.25) is 0 Å². The highest BCUT2D eigenvalue weighted by molar-refractivity contribution is 5.19. The van der Waals surface area contributed by atoms with Crippen molar-refractivity contribution in [3.8, 4) is 0 Å². The molecule has 2 rings (SSSR count). The molecule has 1 fully saturated rings. The van der Waals surface area contributed by atoms with Crippen LogP contribution >= 0.6 is 0 Å². The second-order valence-corrected chi connectivity index (χ2v) is 5.30. The first-order chi connectivity index (χ1) is 9.16. The molecule has 0 bridgehead atoms. The van der Waals surface area contributed by atoms with Gasteiger partial charge in [0.05, 0.1) is 0 Å². The van der Waals surface area contributed by atoms with E-state index in [2.05, 4.69) is 29.1 Å². The van der Waals surface area contributed by atoms with Crippen molar-refractivity contribution in [2.24, 2.45) is 0 Å². The third kappa shape index (κ3) is 4.27. The maximum Gasteiger partial charge on any atom is 0.123 e. The zero-order valence-corrected chi connectivity index (χ0v) is 11.9. The quantitative estimate of drug-likeness (QED) is 0.874. The molecule has 1 heterocycles. The van der Waals surface area contributed by atoms with E-state index in [9.17, 15) is 4.39 Å². The van der Waals surface area contributed by atoms with E-state index in [0.717, 1.165) is 44.8 Å². The molecule has 1 aromatic rings. The van der Waals surface area contributed by atoms with Crippen molar-refractivity contribution in [3.63, 3.8) is 0 Å². The average molecular weight is 265 g/mol. The monoisotopic (exact) mass is 265 g/mol. The van der Waals surface area contributed by atoms with Crippen molar-refractivity contribution in [3.05, 3.63) is 35.6 Å². The summed E-state index contributed by atoms with van der Waals surface area (Å²) in [5, 5.41) is 3.36. The Kier molecular flexibility index (Phi) is 5.31. The molecule has 1 aliphatic heterocycles. The maximum absolute atomic E-state index is 13.2. The summed E-state index contributed by atoms with van der Waals surface area (Å²) in [6, 6.07) is 7.15. The van der Waals surface area contributed by atoms with Crippen LogP contribution in [0.3, 0.4) is 0 Å². The summed E-state index contributed by atoms with van der Waals surface area (Å²) in [5.74, 6) is -0.153. The van der Waals surface area contributed by atoms with Crippen LogP contribution < -0.4 is 5.32 Å². The van der Waals surface area contributed by atoms with E-state index in [1.807, 2.05) is 6.07 Å². The summed E-state index contributed by atoms with van der Waals surface area (Å²) in [4.78, 5) is 4.77. The van der Waals surface area contributed by atoms with E-state index < -0.39 is 0 Å². The molecule has 4 heteroatoms. The molecule has 0 spiro atoms. The minimum Gasteiger partial charge on any atom is -0.314 e. The predicted octanol–water partition coefficient (Wildman–Crippen LogP) is 1.72. The molecule has 0 saturated carbocycles. The van der Waals surface area contributed by atoms with Gasteiger partial charge in [-0.05, 0) is 31.7 Å². The fraction of sp³-hybridized carbons (Fsp3) is 0.600. The molecule has 1 aromatic carbocycles. The van der Waals surface area contributed by atoms with Gasteiger partial charge in [-0.3, -0.25) is 9.80 Å². The van der Waals surface area contributed by atoms with Crippen molar-refractivity contribution < 1.29 is 4.39 Å². The maximum atomic E-state index is 13.2. The molecule has 0 amide bonds. The molecule has 3 nitrogen and oxygen atoms in total. The third-order valence-corrected chi connectivity index (χ3v) is 3.97. The van der Waals surface area contributed by atoms with Gasteiger partial charge in [0.15, 0.2) is 0 Å². The van der Waals surface area contributed by atoms with Crippen LogP contribution in [0.1, 0.15) is 18.5 Å². The number of rotatable bonds is 5. The lowest BCUT2D eigenvalue weighted by atomic mass is 10.1. The molecule has 0 aromatic heterocycles. The van der Waals surface area contributed by atoms with Gasteiger partial charge in [0.25, 0.3) is 0 Å². The third-order valence-electron chi connectivity index (χ3n) is 3.97. The smallest absolute Gasteiger partial charge is 0.123 e. The van der Waals surface area contributed by atoms with E-state index in [-0.39, 0.29) is 11.9 Å². The molecule has 1 unspecified atom stereocenters. The molecular formula is C15H24FN3. The Balaban J connectivity index is 1.83. The normalized spacial score (nSPS) is 18.7. The zero-order valence-electron chi connectivity index (χ0n) is 11.9. The lowest BCUT2D eigenvalue weighted by molar-refractivity contribution is 0.183. The van der Waals surface area contributed by atoms with Gasteiger partial charge in [-0.1, -0.05) is 12.1 Å². The minimum atomic E-state index is -0.153. The highest BCUT2D eigenvalue weighted by atomic mass is 19.1. The van der Waals surface area contributed by atoms with Crippen molar-refractivity contribution >= 4 is 0 Å². The fourth-order valence-electron chi connectivity index (χ4n) is 2.45. The Hall–Kier alpha value is -0.970. The number of nitrogens with one attached hydrogen (secondary N) is 1. The molecule has 1 N–H and O–H groups in total. The fourth-order valence-corrected chi connectivity index (χ4v) is 2.45. The van der Waals surface area contributed by atoms with Crippen molar-refractivity contribution in [1.82, 2.24) is 15.1 Å². The summed E-state index contributed by atoms with van der Waals surface area (Å²) < 4.78 is 13.2. The number of hydrogen-bond acceptors (Lipinski definition) is 3. The van der Waals surface area contributed by atoms with Crippen LogP contribution in [-0.2, 0) is 0 Å². The average Bonchev–Trinajstić information content (AvgIpc) is 2.45. The number of halogens is 1. The van der Waals surface area contributed by atoms with Gasteiger partial charge in [0, 0.05) is 45.3 Å². The highest BCUT2D eigenvalue weighted by Gasteiger charge is 2.14. The SMILES string of the molecule is CC(c1cccc(F)c1)N(C)CCN1CCNCC1. The number of piperazine rings is 1. The highest BCUT2D eigenvalue weighted by Crippen LogP contribution is 2.19. The zero-order chi connectivity index (χ0) is 13.7. The summed E-state index contributed by atoms with van der Waals surface area (Å²) in [6.07, 6.45) is 0.